The van der Waals surface area contributed by atoms with E-state index in [1.165, 1.54) is 10.6 Å². The Balaban J connectivity index is 1.68. The molecule has 1 amide bonds. The van der Waals surface area contributed by atoms with Gasteiger partial charge in [-0.05, 0) is 61.4 Å². The lowest BCUT2D eigenvalue weighted by molar-refractivity contribution is -0.0340. The standard InChI is InChI=1S/C24H29N5O4S/c1-15-4-7-22(26-12-15)29-23(24(30)25-2)19-10-18(17-5-6-17)21(11-20(19)27-29)28(34(3,31)32)9-8-16-13-33-14-16/h4,7,10-12,16-17H,5-6,8-9,13-14H2,1-3H3,(H,25,30). The lowest BCUT2D eigenvalue weighted by Crippen LogP contribution is -2.36. The van der Waals surface area contributed by atoms with E-state index < -0.39 is 10.0 Å². The lowest BCUT2D eigenvalue weighted by atomic mass is 10.0. The molecule has 0 bridgehead atoms. The largest absolute Gasteiger partial charge is 0.381 e. The van der Waals surface area contributed by atoms with E-state index in [0.29, 0.717) is 53.8 Å². The minimum absolute atomic E-state index is 0.272. The van der Waals surface area contributed by atoms with Crippen molar-refractivity contribution >= 4 is 32.5 Å². The van der Waals surface area contributed by atoms with Crippen LogP contribution in [0, 0.1) is 12.8 Å². The van der Waals surface area contributed by atoms with Crippen molar-refractivity contribution in [3.8, 4) is 5.82 Å². The van der Waals surface area contributed by atoms with Crippen LogP contribution < -0.4 is 9.62 Å². The van der Waals surface area contributed by atoms with E-state index in [0.717, 1.165) is 30.4 Å². The highest BCUT2D eigenvalue weighted by Gasteiger charge is 2.33. The van der Waals surface area contributed by atoms with E-state index in [-0.39, 0.29) is 11.8 Å². The van der Waals surface area contributed by atoms with Crippen molar-refractivity contribution in [1.82, 2.24) is 20.1 Å². The predicted molar refractivity (Wildman–Crippen MR) is 130 cm³/mol. The zero-order chi connectivity index (χ0) is 24.0. The molecule has 1 saturated heterocycles. The van der Waals surface area contributed by atoms with Crippen LogP contribution in [-0.2, 0) is 14.8 Å². The maximum Gasteiger partial charge on any atom is 0.270 e. The van der Waals surface area contributed by atoms with E-state index in [2.05, 4.69) is 10.3 Å². The Morgan fingerprint density at radius 1 is 1.26 bits per heavy atom. The fraction of sp³-hybridized carbons (Fsp3) is 0.458. The number of ether oxygens (including phenoxy) is 1. The normalized spacial score (nSPS) is 16.4. The van der Waals surface area contributed by atoms with Gasteiger partial charge in [-0.15, -0.1) is 0 Å². The van der Waals surface area contributed by atoms with Crippen LogP contribution >= 0.6 is 0 Å². The fourth-order valence-electron chi connectivity index (χ4n) is 4.38. The summed E-state index contributed by atoms with van der Waals surface area (Å²) in [7, 11) is -1.93. The number of hydrogen-bond donors (Lipinski definition) is 1. The van der Waals surface area contributed by atoms with Gasteiger partial charge < -0.3 is 10.1 Å². The molecule has 0 radical (unpaired) electrons. The lowest BCUT2D eigenvalue weighted by Gasteiger charge is -2.30. The van der Waals surface area contributed by atoms with Crippen molar-refractivity contribution in [2.24, 2.45) is 5.92 Å². The van der Waals surface area contributed by atoms with Gasteiger partial charge in [0.05, 0.1) is 30.7 Å². The number of sulfonamides is 1. The monoisotopic (exact) mass is 483 g/mol. The first-order chi connectivity index (χ1) is 16.3. The van der Waals surface area contributed by atoms with Crippen LogP contribution in [-0.4, -0.2) is 62.2 Å². The number of amides is 1. The summed E-state index contributed by atoms with van der Waals surface area (Å²) in [5.41, 5.74) is 3.55. The molecular weight excluding hydrogens is 454 g/mol. The smallest absolute Gasteiger partial charge is 0.270 e. The van der Waals surface area contributed by atoms with Crippen LogP contribution in [0.2, 0.25) is 0 Å². The number of fused-ring (bicyclic) bond motifs is 1. The topological polar surface area (TPSA) is 106 Å². The van der Waals surface area contributed by atoms with Gasteiger partial charge in [0.25, 0.3) is 5.91 Å². The van der Waals surface area contributed by atoms with Crippen LogP contribution in [0.3, 0.4) is 0 Å². The summed E-state index contributed by atoms with van der Waals surface area (Å²) in [6, 6.07) is 7.51. The molecule has 5 rings (SSSR count). The molecule has 10 heteroatoms. The molecule has 3 aromatic rings. The number of carbonyl (C=O) groups is 1. The molecule has 2 fully saturated rings. The second-order valence-corrected chi connectivity index (χ2v) is 11.2. The van der Waals surface area contributed by atoms with Crippen LogP contribution in [0.15, 0.2) is 30.5 Å². The number of aromatic nitrogens is 3. The second kappa shape index (κ2) is 8.66. The first kappa shape index (κ1) is 22.8. The van der Waals surface area contributed by atoms with E-state index >= 15 is 0 Å². The highest BCUT2D eigenvalue weighted by molar-refractivity contribution is 7.92. The van der Waals surface area contributed by atoms with E-state index in [1.807, 2.05) is 31.2 Å². The molecule has 0 spiro atoms. The summed E-state index contributed by atoms with van der Waals surface area (Å²) in [5.74, 6) is 0.905. The summed E-state index contributed by atoms with van der Waals surface area (Å²) in [6.45, 7) is 3.69. The van der Waals surface area contributed by atoms with Crippen molar-refractivity contribution in [3.63, 3.8) is 0 Å². The van der Waals surface area contributed by atoms with Gasteiger partial charge in [-0.2, -0.15) is 5.10 Å². The second-order valence-electron chi connectivity index (χ2n) is 9.26. The van der Waals surface area contributed by atoms with E-state index in [4.69, 9.17) is 9.84 Å². The quantitative estimate of drug-likeness (QED) is 0.528. The van der Waals surface area contributed by atoms with Crippen LogP contribution in [0.4, 0.5) is 5.69 Å². The summed E-state index contributed by atoms with van der Waals surface area (Å²) < 4.78 is 34.0. The van der Waals surface area contributed by atoms with E-state index in [1.54, 1.807) is 17.9 Å². The number of rotatable bonds is 8. The van der Waals surface area contributed by atoms with Gasteiger partial charge in [-0.25, -0.2) is 18.1 Å². The highest BCUT2D eigenvalue weighted by Crippen LogP contribution is 2.46. The molecular formula is C24H29N5O4S. The minimum atomic E-state index is -3.51. The number of nitrogens with one attached hydrogen (secondary N) is 1. The van der Waals surface area contributed by atoms with Gasteiger partial charge in [-0.3, -0.25) is 9.10 Å². The van der Waals surface area contributed by atoms with Gasteiger partial charge in [0.1, 0.15) is 5.69 Å². The van der Waals surface area contributed by atoms with Gasteiger partial charge in [0.15, 0.2) is 5.82 Å². The number of benzene rings is 1. The number of hydrogen-bond acceptors (Lipinski definition) is 6. The molecule has 1 saturated carbocycles. The number of anilines is 1. The van der Waals surface area contributed by atoms with Crippen molar-refractivity contribution in [2.75, 3.05) is 37.4 Å². The molecule has 1 N–H and O–H groups in total. The average molecular weight is 484 g/mol. The van der Waals surface area contributed by atoms with Crippen LogP contribution in [0.25, 0.3) is 16.7 Å². The molecule has 34 heavy (non-hydrogen) atoms. The molecule has 3 heterocycles. The predicted octanol–water partition coefficient (Wildman–Crippen LogP) is 2.77. The van der Waals surface area contributed by atoms with Crippen LogP contribution in [0.1, 0.15) is 46.8 Å². The summed E-state index contributed by atoms with van der Waals surface area (Å²) in [4.78, 5) is 17.4. The van der Waals surface area contributed by atoms with Crippen molar-refractivity contribution < 1.29 is 17.9 Å². The van der Waals surface area contributed by atoms with Gasteiger partial charge >= 0.3 is 0 Å². The van der Waals surface area contributed by atoms with Crippen LogP contribution in [0.5, 0.6) is 0 Å². The summed E-state index contributed by atoms with van der Waals surface area (Å²) in [5, 5.41) is 8.10. The number of carbonyl (C=O) groups excluding carboxylic acids is 1. The number of pyridine rings is 1. The molecule has 180 valence electrons. The fourth-order valence-corrected chi connectivity index (χ4v) is 5.33. The average Bonchev–Trinajstić information content (AvgIpc) is 3.54. The zero-order valence-electron chi connectivity index (χ0n) is 19.6. The molecule has 2 aliphatic rings. The third-order valence-electron chi connectivity index (χ3n) is 6.51. The Bertz CT molecular complexity index is 1340. The number of nitrogens with zero attached hydrogens (tertiary/aromatic N) is 4. The minimum Gasteiger partial charge on any atom is -0.381 e. The van der Waals surface area contributed by atoms with Crippen molar-refractivity contribution in [3.05, 3.63) is 47.3 Å². The molecule has 1 aliphatic carbocycles. The summed E-state index contributed by atoms with van der Waals surface area (Å²) >= 11 is 0. The molecule has 1 aromatic carbocycles. The van der Waals surface area contributed by atoms with Gasteiger partial charge in [0, 0.05) is 31.1 Å². The Labute approximate surface area is 199 Å². The maximum atomic E-state index is 12.9. The van der Waals surface area contributed by atoms with E-state index in [9.17, 15) is 13.2 Å². The molecule has 0 unspecified atom stereocenters. The first-order valence-electron chi connectivity index (χ1n) is 11.5. The Kier molecular flexibility index (Phi) is 5.81. The molecule has 1 aliphatic heterocycles. The first-order valence-corrected chi connectivity index (χ1v) is 13.4. The van der Waals surface area contributed by atoms with Crippen molar-refractivity contribution in [2.45, 2.75) is 32.1 Å². The molecule has 9 nitrogen and oxygen atoms in total. The SMILES string of the molecule is CNC(=O)c1c2cc(C3CC3)c(N(CCC3COC3)S(C)(=O)=O)cc2nn1-c1ccc(C)cn1. The molecule has 0 atom stereocenters. The maximum absolute atomic E-state index is 12.9. The third-order valence-corrected chi connectivity index (χ3v) is 7.69. The third kappa shape index (κ3) is 4.27. The molecule has 2 aromatic heterocycles. The Morgan fingerprint density at radius 3 is 2.59 bits per heavy atom. The zero-order valence-corrected chi connectivity index (χ0v) is 20.4. The van der Waals surface area contributed by atoms with Gasteiger partial charge in [-0.1, -0.05) is 6.07 Å². The number of aryl methyl sites for hydroxylation is 1. The van der Waals surface area contributed by atoms with Crippen molar-refractivity contribution in [1.29, 1.82) is 0 Å². The Hall–Kier alpha value is -2.98. The van der Waals surface area contributed by atoms with Gasteiger partial charge in [0.2, 0.25) is 10.0 Å². The summed E-state index contributed by atoms with van der Waals surface area (Å²) in [6.07, 6.45) is 5.70. The Morgan fingerprint density at radius 2 is 2.03 bits per heavy atom. The highest BCUT2D eigenvalue weighted by atomic mass is 32.2.